The summed E-state index contributed by atoms with van der Waals surface area (Å²) in [5, 5.41) is 8.58. The van der Waals surface area contributed by atoms with Crippen LogP contribution >= 0.6 is 0 Å². The highest BCUT2D eigenvalue weighted by Crippen LogP contribution is 2.27. The van der Waals surface area contributed by atoms with Gasteiger partial charge in [-0.25, -0.2) is 18.7 Å². The molecule has 3 aromatic heterocycles. The summed E-state index contributed by atoms with van der Waals surface area (Å²) in [5.74, 6) is -0.760. The van der Waals surface area contributed by atoms with Gasteiger partial charge >= 0.3 is 0 Å². The monoisotopic (exact) mass is 387 g/mol. The van der Waals surface area contributed by atoms with Gasteiger partial charge in [-0.2, -0.15) is 0 Å². The number of hydrogen-bond acceptors (Lipinski definition) is 5. The molecule has 0 N–H and O–H groups in total. The molecule has 0 unspecified atom stereocenters. The standard InChI is InChI=1S/C18H19F2N7O/c1-25-15(10-26-6-4-21-11-26)23-24-17(25)12-3-2-5-27(9-12)18(28)16-14(20)7-13(19)8-22-16/h4,6-8,11-12H,2-3,5,9-10H2,1H3/t12-/m1/s1. The van der Waals surface area contributed by atoms with Crippen LogP contribution in [-0.2, 0) is 13.6 Å². The van der Waals surface area contributed by atoms with E-state index in [9.17, 15) is 13.6 Å². The molecule has 1 fully saturated rings. The fourth-order valence-corrected chi connectivity index (χ4v) is 3.51. The van der Waals surface area contributed by atoms with Crippen LogP contribution in [0.2, 0.25) is 0 Å². The predicted molar refractivity (Wildman–Crippen MR) is 94.4 cm³/mol. The first-order chi connectivity index (χ1) is 13.5. The first-order valence-electron chi connectivity index (χ1n) is 8.97. The molecule has 10 heteroatoms. The molecular weight excluding hydrogens is 368 g/mol. The number of carbonyl (C=O) groups is 1. The average molecular weight is 387 g/mol. The van der Waals surface area contributed by atoms with Crippen molar-refractivity contribution in [3.63, 3.8) is 0 Å². The van der Waals surface area contributed by atoms with E-state index in [1.165, 1.54) is 0 Å². The van der Waals surface area contributed by atoms with E-state index in [2.05, 4.69) is 20.2 Å². The van der Waals surface area contributed by atoms with Gasteiger partial charge in [0.05, 0.1) is 19.1 Å². The second-order valence-corrected chi connectivity index (χ2v) is 6.84. The summed E-state index contributed by atoms with van der Waals surface area (Å²) in [4.78, 5) is 21.8. The molecule has 0 aliphatic carbocycles. The minimum absolute atomic E-state index is 0.0183. The van der Waals surface area contributed by atoms with E-state index in [1.54, 1.807) is 17.4 Å². The Bertz CT molecular complexity index is 986. The number of piperidine rings is 1. The fourth-order valence-electron chi connectivity index (χ4n) is 3.51. The van der Waals surface area contributed by atoms with Gasteiger partial charge in [0, 0.05) is 44.5 Å². The number of nitrogens with zero attached hydrogens (tertiary/aromatic N) is 7. The summed E-state index contributed by atoms with van der Waals surface area (Å²) >= 11 is 0. The lowest BCUT2D eigenvalue weighted by Gasteiger charge is -2.32. The van der Waals surface area contributed by atoms with Crippen LogP contribution in [0.4, 0.5) is 8.78 Å². The molecule has 1 saturated heterocycles. The van der Waals surface area contributed by atoms with E-state index in [0.717, 1.165) is 30.7 Å². The highest BCUT2D eigenvalue weighted by Gasteiger charge is 2.30. The lowest BCUT2D eigenvalue weighted by atomic mass is 9.97. The number of imidazole rings is 1. The molecule has 0 bridgehead atoms. The van der Waals surface area contributed by atoms with Crippen LogP contribution in [0.15, 0.2) is 31.0 Å². The summed E-state index contributed by atoms with van der Waals surface area (Å²) in [5.41, 5.74) is -0.360. The van der Waals surface area contributed by atoms with Crippen molar-refractivity contribution in [1.29, 1.82) is 0 Å². The number of aromatic nitrogens is 6. The van der Waals surface area contributed by atoms with Crippen LogP contribution in [0.1, 0.15) is 40.9 Å². The molecule has 4 rings (SSSR count). The van der Waals surface area contributed by atoms with Crippen molar-refractivity contribution in [2.75, 3.05) is 13.1 Å². The van der Waals surface area contributed by atoms with Gasteiger partial charge in [0.2, 0.25) is 0 Å². The van der Waals surface area contributed by atoms with Crippen molar-refractivity contribution < 1.29 is 13.6 Å². The third-order valence-electron chi connectivity index (χ3n) is 4.97. The number of amides is 1. The van der Waals surface area contributed by atoms with Gasteiger partial charge in [-0.05, 0) is 12.8 Å². The Labute approximate surface area is 159 Å². The zero-order valence-corrected chi connectivity index (χ0v) is 15.3. The summed E-state index contributed by atoms with van der Waals surface area (Å²) in [6, 6.07) is 0.673. The number of likely N-dealkylation sites (tertiary alicyclic amines) is 1. The van der Waals surface area contributed by atoms with Gasteiger partial charge in [0.15, 0.2) is 17.3 Å². The third kappa shape index (κ3) is 3.49. The fraction of sp³-hybridized carbons (Fsp3) is 0.389. The lowest BCUT2D eigenvalue weighted by molar-refractivity contribution is 0.0692. The van der Waals surface area contributed by atoms with Crippen molar-refractivity contribution in [2.45, 2.75) is 25.3 Å². The topological polar surface area (TPSA) is 81.7 Å². The smallest absolute Gasteiger partial charge is 0.275 e. The normalized spacial score (nSPS) is 17.1. The minimum Gasteiger partial charge on any atom is -0.336 e. The molecule has 28 heavy (non-hydrogen) atoms. The summed E-state index contributed by atoms with van der Waals surface area (Å²) in [6.07, 6.45) is 7.70. The Morgan fingerprint density at radius 2 is 2.18 bits per heavy atom. The molecule has 8 nitrogen and oxygen atoms in total. The molecule has 4 heterocycles. The van der Waals surface area contributed by atoms with Crippen molar-refractivity contribution >= 4 is 5.91 Å². The molecule has 3 aromatic rings. The van der Waals surface area contributed by atoms with Crippen molar-refractivity contribution in [2.24, 2.45) is 7.05 Å². The SMILES string of the molecule is Cn1c(Cn2ccnc2)nnc1[C@@H]1CCCN(C(=O)c2ncc(F)cc2F)C1. The molecular formula is C18H19F2N7O. The Kier molecular flexibility index (Phi) is 4.84. The number of rotatable bonds is 4. The van der Waals surface area contributed by atoms with E-state index in [-0.39, 0.29) is 11.6 Å². The first kappa shape index (κ1) is 18.2. The maximum Gasteiger partial charge on any atom is 0.275 e. The van der Waals surface area contributed by atoms with Crippen molar-refractivity contribution in [3.05, 3.63) is 60.0 Å². The summed E-state index contributed by atoms with van der Waals surface area (Å²) < 4.78 is 30.8. The number of hydrogen-bond donors (Lipinski definition) is 0. The first-order valence-corrected chi connectivity index (χ1v) is 8.97. The minimum atomic E-state index is -0.951. The zero-order chi connectivity index (χ0) is 19.7. The molecule has 1 amide bonds. The quantitative estimate of drug-likeness (QED) is 0.681. The van der Waals surface area contributed by atoms with Gasteiger partial charge in [0.25, 0.3) is 5.91 Å². The van der Waals surface area contributed by atoms with Crippen LogP contribution < -0.4 is 0 Å². The number of pyridine rings is 1. The second-order valence-electron chi connectivity index (χ2n) is 6.84. The molecule has 1 aliphatic heterocycles. The molecule has 1 atom stereocenters. The molecule has 0 aromatic carbocycles. The molecule has 0 spiro atoms. The van der Waals surface area contributed by atoms with Crippen LogP contribution in [-0.4, -0.2) is 53.2 Å². The van der Waals surface area contributed by atoms with E-state index in [0.29, 0.717) is 25.7 Å². The zero-order valence-electron chi connectivity index (χ0n) is 15.3. The Hall–Kier alpha value is -3.17. The number of carbonyl (C=O) groups excluding carboxylic acids is 1. The molecule has 1 aliphatic rings. The van der Waals surface area contributed by atoms with Crippen LogP contribution in [0.5, 0.6) is 0 Å². The van der Waals surface area contributed by atoms with Crippen molar-refractivity contribution in [1.82, 2.24) is 34.2 Å². The van der Waals surface area contributed by atoms with Crippen LogP contribution in [0, 0.1) is 11.6 Å². The highest BCUT2D eigenvalue weighted by molar-refractivity contribution is 5.92. The third-order valence-corrected chi connectivity index (χ3v) is 4.97. The van der Waals surface area contributed by atoms with E-state index in [1.807, 2.05) is 22.4 Å². The van der Waals surface area contributed by atoms with Gasteiger partial charge in [0.1, 0.15) is 11.6 Å². The van der Waals surface area contributed by atoms with Gasteiger partial charge in [-0.15, -0.1) is 10.2 Å². The van der Waals surface area contributed by atoms with Gasteiger partial charge < -0.3 is 14.0 Å². The maximum atomic E-state index is 13.9. The molecule has 0 saturated carbocycles. The van der Waals surface area contributed by atoms with Gasteiger partial charge in [-0.1, -0.05) is 0 Å². The summed E-state index contributed by atoms with van der Waals surface area (Å²) in [6.45, 7) is 1.42. The Morgan fingerprint density at radius 3 is 2.93 bits per heavy atom. The maximum absolute atomic E-state index is 13.9. The van der Waals surface area contributed by atoms with Gasteiger partial charge in [-0.3, -0.25) is 4.79 Å². The lowest BCUT2D eigenvalue weighted by Crippen LogP contribution is -2.40. The molecule has 0 radical (unpaired) electrons. The molecule has 146 valence electrons. The Morgan fingerprint density at radius 1 is 1.32 bits per heavy atom. The highest BCUT2D eigenvalue weighted by atomic mass is 19.1. The van der Waals surface area contributed by atoms with Crippen LogP contribution in [0.3, 0.4) is 0 Å². The van der Waals surface area contributed by atoms with E-state index >= 15 is 0 Å². The summed E-state index contributed by atoms with van der Waals surface area (Å²) in [7, 11) is 1.89. The average Bonchev–Trinajstić information content (AvgIpc) is 3.32. The van der Waals surface area contributed by atoms with E-state index in [4.69, 9.17) is 0 Å². The van der Waals surface area contributed by atoms with Crippen LogP contribution in [0.25, 0.3) is 0 Å². The number of halogens is 2. The predicted octanol–water partition coefficient (Wildman–Crippen LogP) is 1.75. The second kappa shape index (κ2) is 7.45. The Balaban J connectivity index is 1.51. The van der Waals surface area contributed by atoms with Crippen molar-refractivity contribution in [3.8, 4) is 0 Å². The van der Waals surface area contributed by atoms with E-state index < -0.39 is 17.5 Å². The largest absolute Gasteiger partial charge is 0.336 e.